The summed E-state index contributed by atoms with van der Waals surface area (Å²) >= 11 is 0. The van der Waals surface area contributed by atoms with E-state index in [4.69, 9.17) is 15.2 Å². The molecule has 1 aromatic heterocycles. The second-order valence-electron chi connectivity index (χ2n) is 5.01. The van der Waals surface area contributed by atoms with Crippen LogP contribution in [-0.2, 0) is 4.74 Å². The maximum Gasteiger partial charge on any atom is 0.343 e. The maximum atomic E-state index is 11.9. The zero-order valence-corrected chi connectivity index (χ0v) is 11.9. The van der Waals surface area contributed by atoms with Crippen LogP contribution in [0.4, 0.5) is 0 Å². The molecule has 0 amide bonds. The summed E-state index contributed by atoms with van der Waals surface area (Å²) in [7, 11) is 0. The van der Waals surface area contributed by atoms with Crippen molar-refractivity contribution in [3.8, 4) is 5.88 Å². The number of hydrogen-bond acceptors (Lipinski definition) is 5. The fourth-order valence-electron chi connectivity index (χ4n) is 2.59. The number of pyridine rings is 1. The van der Waals surface area contributed by atoms with Gasteiger partial charge in [-0.15, -0.1) is 0 Å². The van der Waals surface area contributed by atoms with Gasteiger partial charge < -0.3 is 15.2 Å². The number of ether oxygens (including phenoxy) is 2. The first-order valence-electron chi connectivity index (χ1n) is 7.25. The van der Waals surface area contributed by atoms with Gasteiger partial charge in [-0.3, -0.25) is 0 Å². The molecule has 0 saturated heterocycles. The average molecular weight is 278 g/mol. The highest BCUT2D eigenvalue weighted by Gasteiger charge is 2.27. The fourth-order valence-corrected chi connectivity index (χ4v) is 2.59. The second-order valence-corrected chi connectivity index (χ2v) is 5.01. The SMILES string of the molecule is CCOC(=O)c1cccnc1OC1CCCCC1CN. The molecular weight excluding hydrogens is 256 g/mol. The molecule has 2 atom stereocenters. The third-order valence-electron chi connectivity index (χ3n) is 3.67. The second kappa shape index (κ2) is 7.24. The van der Waals surface area contributed by atoms with Crippen molar-refractivity contribution >= 4 is 5.97 Å². The van der Waals surface area contributed by atoms with Gasteiger partial charge in [-0.25, -0.2) is 9.78 Å². The van der Waals surface area contributed by atoms with Crippen LogP contribution in [0.15, 0.2) is 18.3 Å². The van der Waals surface area contributed by atoms with Crippen LogP contribution in [-0.4, -0.2) is 30.2 Å². The molecule has 1 heterocycles. The van der Waals surface area contributed by atoms with Gasteiger partial charge in [-0.1, -0.05) is 6.42 Å². The normalized spacial score (nSPS) is 22.3. The zero-order chi connectivity index (χ0) is 14.4. The number of nitrogens with zero attached hydrogens (tertiary/aromatic N) is 1. The quantitative estimate of drug-likeness (QED) is 0.835. The molecular formula is C15H22N2O3. The van der Waals surface area contributed by atoms with Gasteiger partial charge in [0.25, 0.3) is 0 Å². The highest BCUT2D eigenvalue weighted by molar-refractivity contribution is 5.91. The van der Waals surface area contributed by atoms with Gasteiger partial charge in [0.2, 0.25) is 5.88 Å². The first kappa shape index (κ1) is 14.8. The van der Waals surface area contributed by atoms with Gasteiger partial charge in [0.1, 0.15) is 11.7 Å². The van der Waals surface area contributed by atoms with Gasteiger partial charge in [0, 0.05) is 12.1 Å². The standard InChI is InChI=1S/C15H22N2O3/c1-2-19-15(18)12-7-5-9-17-14(12)20-13-8-4-3-6-11(13)10-16/h5,7,9,11,13H,2-4,6,8,10,16H2,1H3. The first-order valence-corrected chi connectivity index (χ1v) is 7.25. The van der Waals surface area contributed by atoms with Gasteiger partial charge >= 0.3 is 5.97 Å². The molecule has 0 aliphatic heterocycles. The molecule has 2 N–H and O–H groups in total. The van der Waals surface area contributed by atoms with Crippen molar-refractivity contribution in [3.05, 3.63) is 23.9 Å². The Morgan fingerprint density at radius 3 is 3.00 bits per heavy atom. The van der Waals surface area contributed by atoms with Gasteiger partial charge in [-0.05, 0) is 44.9 Å². The van der Waals surface area contributed by atoms with Crippen LogP contribution < -0.4 is 10.5 Å². The molecule has 2 rings (SSSR count). The molecule has 20 heavy (non-hydrogen) atoms. The van der Waals surface area contributed by atoms with E-state index in [-0.39, 0.29) is 6.10 Å². The molecule has 1 saturated carbocycles. The Labute approximate surface area is 119 Å². The Morgan fingerprint density at radius 2 is 2.25 bits per heavy atom. The topological polar surface area (TPSA) is 74.4 Å². The van der Waals surface area contributed by atoms with E-state index in [1.165, 1.54) is 6.42 Å². The third-order valence-corrected chi connectivity index (χ3v) is 3.67. The molecule has 1 fully saturated rings. The highest BCUT2D eigenvalue weighted by Crippen LogP contribution is 2.28. The zero-order valence-electron chi connectivity index (χ0n) is 11.9. The largest absolute Gasteiger partial charge is 0.473 e. The molecule has 0 spiro atoms. The predicted octanol–water partition coefficient (Wildman–Crippen LogP) is 2.15. The minimum atomic E-state index is -0.393. The lowest BCUT2D eigenvalue weighted by molar-refractivity contribution is 0.0503. The molecule has 1 aromatic rings. The summed E-state index contributed by atoms with van der Waals surface area (Å²) in [6, 6.07) is 3.39. The summed E-state index contributed by atoms with van der Waals surface area (Å²) in [4.78, 5) is 16.1. The summed E-state index contributed by atoms with van der Waals surface area (Å²) < 4.78 is 11.0. The van der Waals surface area contributed by atoms with Crippen molar-refractivity contribution < 1.29 is 14.3 Å². The van der Waals surface area contributed by atoms with Crippen molar-refractivity contribution in [1.82, 2.24) is 4.98 Å². The number of hydrogen-bond donors (Lipinski definition) is 1. The lowest BCUT2D eigenvalue weighted by atomic mass is 9.86. The molecule has 5 heteroatoms. The van der Waals surface area contributed by atoms with Crippen molar-refractivity contribution in [2.75, 3.05) is 13.2 Å². The Kier molecular flexibility index (Phi) is 5.35. The number of carbonyl (C=O) groups excluding carboxylic acids is 1. The fraction of sp³-hybridized carbons (Fsp3) is 0.600. The van der Waals surface area contributed by atoms with Crippen LogP contribution in [0.3, 0.4) is 0 Å². The molecule has 0 radical (unpaired) electrons. The van der Waals surface area contributed by atoms with E-state index in [9.17, 15) is 4.79 Å². The first-order chi connectivity index (χ1) is 9.76. The van der Waals surface area contributed by atoms with Crippen molar-refractivity contribution in [2.45, 2.75) is 38.7 Å². The summed E-state index contributed by atoms with van der Waals surface area (Å²) in [5.74, 6) is 0.299. The van der Waals surface area contributed by atoms with Crippen LogP contribution in [0.25, 0.3) is 0 Å². The van der Waals surface area contributed by atoms with E-state index in [0.717, 1.165) is 19.3 Å². The minimum absolute atomic E-state index is 0.0387. The molecule has 1 aliphatic rings. The Hall–Kier alpha value is -1.62. The highest BCUT2D eigenvalue weighted by atomic mass is 16.5. The lowest BCUT2D eigenvalue weighted by Gasteiger charge is -2.30. The van der Waals surface area contributed by atoms with Crippen LogP contribution in [0.2, 0.25) is 0 Å². The van der Waals surface area contributed by atoms with Gasteiger partial charge in [-0.2, -0.15) is 0 Å². The van der Waals surface area contributed by atoms with Crippen LogP contribution in [0, 0.1) is 5.92 Å². The monoisotopic (exact) mass is 278 g/mol. The van der Waals surface area contributed by atoms with Crippen molar-refractivity contribution in [2.24, 2.45) is 11.7 Å². The summed E-state index contributed by atoms with van der Waals surface area (Å²) in [5.41, 5.74) is 6.19. The molecule has 5 nitrogen and oxygen atoms in total. The summed E-state index contributed by atoms with van der Waals surface area (Å²) in [6.07, 6.45) is 6.01. The number of rotatable bonds is 5. The van der Waals surface area contributed by atoms with Crippen molar-refractivity contribution in [3.63, 3.8) is 0 Å². The lowest BCUT2D eigenvalue weighted by Crippen LogP contribution is -2.35. The maximum absolute atomic E-state index is 11.9. The summed E-state index contributed by atoms with van der Waals surface area (Å²) in [5, 5.41) is 0. The minimum Gasteiger partial charge on any atom is -0.473 e. The Bertz CT molecular complexity index is 450. The van der Waals surface area contributed by atoms with E-state index in [1.54, 1.807) is 25.3 Å². The average Bonchev–Trinajstić information content (AvgIpc) is 2.48. The number of aromatic nitrogens is 1. The van der Waals surface area contributed by atoms with Crippen LogP contribution >= 0.6 is 0 Å². The number of esters is 1. The smallest absolute Gasteiger partial charge is 0.343 e. The van der Waals surface area contributed by atoms with Crippen molar-refractivity contribution in [1.29, 1.82) is 0 Å². The molecule has 110 valence electrons. The summed E-state index contributed by atoms with van der Waals surface area (Å²) in [6.45, 7) is 2.72. The molecule has 2 unspecified atom stereocenters. The van der Waals surface area contributed by atoms with E-state index >= 15 is 0 Å². The third kappa shape index (κ3) is 3.48. The van der Waals surface area contributed by atoms with E-state index in [1.807, 2.05) is 0 Å². The Morgan fingerprint density at radius 1 is 1.45 bits per heavy atom. The van der Waals surface area contributed by atoms with Gasteiger partial charge in [0.05, 0.1) is 6.61 Å². The van der Waals surface area contributed by atoms with E-state index in [2.05, 4.69) is 4.98 Å². The number of nitrogens with two attached hydrogens (primary N) is 1. The van der Waals surface area contributed by atoms with Crippen LogP contribution in [0.5, 0.6) is 5.88 Å². The van der Waals surface area contributed by atoms with E-state index < -0.39 is 5.97 Å². The molecule has 1 aliphatic carbocycles. The molecule has 0 bridgehead atoms. The van der Waals surface area contributed by atoms with Crippen LogP contribution in [0.1, 0.15) is 43.0 Å². The molecule has 0 aromatic carbocycles. The predicted molar refractivity (Wildman–Crippen MR) is 75.6 cm³/mol. The number of carbonyl (C=O) groups is 1. The Balaban J connectivity index is 2.13. The van der Waals surface area contributed by atoms with Gasteiger partial charge in [0.15, 0.2) is 0 Å². The van der Waals surface area contributed by atoms with E-state index in [0.29, 0.717) is 30.5 Å².